The number of oxime groups is 1. The van der Waals surface area contributed by atoms with Crippen molar-refractivity contribution in [2.45, 2.75) is 39.0 Å². The van der Waals surface area contributed by atoms with E-state index >= 15 is 0 Å². The van der Waals surface area contributed by atoms with Gasteiger partial charge >= 0.3 is 5.97 Å². The van der Waals surface area contributed by atoms with Gasteiger partial charge in [-0.2, -0.15) is 0 Å². The summed E-state index contributed by atoms with van der Waals surface area (Å²) in [5, 5.41) is 14.6. The second-order valence-corrected chi connectivity index (χ2v) is 5.93. The van der Waals surface area contributed by atoms with E-state index in [9.17, 15) is 14.7 Å². The van der Waals surface area contributed by atoms with Crippen LogP contribution < -0.4 is 0 Å². The molecule has 2 aliphatic carbocycles. The van der Waals surface area contributed by atoms with Crippen molar-refractivity contribution >= 4 is 17.5 Å². The fourth-order valence-electron chi connectivity index (χ4n) is 3.66. The van der Waals surface area contributed by atoms with Crippen molar-refractivity contribution in [3.05, 3.63) is 24.0 Å². The highest BCUT2D eigenvalue weighted by atomic mass is 16.6. The molecule has 0 radical (unpaired) electrons. The number of methoxy groups -OCH3 is 1. The molecule has 0 spiro atoms. The zero-order valence-corrected chi connectivity index (χ0v) is 13.6. The Bertz CT molecular complexity index is 578. The minimum Gasteiger partial charge on any atom is -0.511 e. The normalized spacial score (nSPS) is 27.7. The summed E-state index contributed by atoms with van der Waals surface area (Å²) in [5.41, 5.74) is -0.331. The van der Waals surface area contributed by atoms with Gasteiger partial charge in [0.15, 0.2) is 5.78 Å². The van der Waals surface area contributed by atoms with Crippen molar-refractivity contribution in [1.29, 1.82) is 0 Å². The average molecular weight is 321 g/mol. The average Bonchev–Trinajstić information content (AvgIpc) is 2.97. The molecular formula is C17H23NO5. The highest BCUT2D eigenvalue weighted by Gasteiger charge is 2.56. The smallest absolute Gasteiger partial charge is 0.313 e. The Morgan fingerprint density at radius 1 is 1.57 bits per heavy atom. The molecule has 2 rings (SSSR count). The van der Waals surface area contributed by atoms with E-state index in [4.69, 9.17) is 9.57 Å². The number of aliphatic hydroxyl groups is 1. The maximum Gasteiger partial charge on any atom is 0.313 e. The predicted molar refractivity (Wildman–Crippen MR) is 84.9 cm³/mol. The SMILES string of the molecule is C=CCON=C(CC)C1=C(O)C2CCCC2(C(=O)OC)CC1=O. The molecule has 0 aromatic carbocycles. The van der Waals surface area contributed by atoms with Crippen LogP contribution in [0, 0.1) is 11.3 Å². The maximum atomic E-state index is 12.6. The van der Waals surface area contributed by atoms with Crippen molar-refractivity contribution in [2.75, 3.05) is 13.7 Å². The zero-order valence-electron chi connectivity index (χ0n) is 13.6. The Hall–Kier alpha value is -2.11. The number of hydrogen-bond acceptors (Lipinski definition) is 6. The van der Waals surface area contributed by atoms with E-state index in [0.717, 1.165) is 6.42 Å². The van der Waals surface area contributed by atoms with Gasteiger partial charge in [-0.05, 0) is 19.3 Å². The van der Waals surface area contributed by atoms with Gasteiger partial charge in [-0.15, -0.1) is 0 Å². The number of hydrogen-bond donors (Lipinski definition) is 1. The van der Waals surface area contributed by atoms with Crippen molar-refractivity contribution in [2.24, 2.45) is 16.5 Å². The van der Waals surface area contributed by atoms with Gasteiger partial charge in [0.25, 0.3) is 0 Å². The monoisotopic (exact) mass is 321 g/mol. The fraction of sp³-hybridized carbons (Fsp3) is 0.588. The molecule has 0 aromatic heterocycles. The minimum absolute atomic E-state index is 0.0458. The third-order valence-corrected chi connectivity index (χ3v) is 4.71. The van der Waals surface area contributed by atoms with E-state index in [1.165, 1.54) is 7.11 Å². The molecule has 6 heteroatoms. The summed E-state index contributed by atoms with van der Waals surface area (Å²) in [7, 11) is 1.31. The van der Waals surface area contributed by atoms with E-state index in [1.54, 1.807) is 6.08 Å². The third kappa shape index (κ3) is 2.90. The second kappa shape index (κ2) is 6.98. The standard InChI is InChI=1S/C17H23NO5/c1-4-9-23-18-12(5-2)14-13(19)10-17(16(21)22-3)8-6-7-11(17)15(14)20/h4,11,20H,1,5-10H2,2-3H3. The summed E-state index contributed by atoms with van der Waals surface area (Å²) in [6.45, 7) is 5.59. The molecule has 1 saturated carbocycles. The lowest BCUT2D eigenvalue weighted by Crippen LogP contribution is -2.44. The van der Waals surface area contributed by atoms with E-state index in [1.807, 2.05) is 6.92 Å². The number of carbonyl (C=O) groups excluding carboxylic acids is 2. The first-order valence-corrected chi connectivity index (χ1v) is 7.86. The Labute approximate surface area is 135 Å². The lowest BCUT2D eigenvalue weighted by atomic mass is 9.67. The highest BCUT2D eigenvalue weighted by Crippen LogP contribution is 2.53. The first kappa shape index (κ1) is 17.2. The van der Waals surface area contributed by atoms with Gasteiger partial charge in [0.2, 0.25) is 0 Å². The zero-order chi connectivity index (χ0) is 17.0. The number of ether oxygens (including phenoxy) is 1. The molecule has 0 bridgehead atoms. The minimum atomic E-state index is -0.930. The molecule has 1 fully saturated rings. The van der Waals surface area contributed by atoms with Gasteiger partial charge in [-0.25, -0.2) is 0 Å². The number of esters is 1. The number of Topliss-reactive ketones (excluding diaryl/α,β-unsaturated/α-hetero) is 1. The van der Waals surface area contributed by atoms with Gasteiger partial charge in [0.05, 0.1) is 23.8 Å². The number of nitrogens with zero attached hydrogens (tertiary/aromatic N) is 1. The van der Waals surface area contributed by atoms with Crippen molar-refractivity contribution in [1.82, 2.24) is 0 Å². The highest BCUT2D eigenvalue weighted by molar-refractivity contribution is 6.23. The number of aliphatic hydroxyl groups excluding tert-OH is 1. The molecule has 6 nitrogen and oxygen atoms in total. The molecule has 0 aromatic rings. The summed E-state index contributed by atoms with van der Waals surface area (Å²) in [4.78, 5) is 29.9. The van der Waals surface area contributed by atoms with Crippen LogP contribution in [0.15, 0.2) is 29.1 Å². The molecule has 0 saturated heterocycles. The van der Waals surface area contributed by atoms with Crippen molar-refractivity contribution < 1.29 is 24.3 Å². The molecule has 23 heavy (non-hydrogen) atoms. The first-order chi connectivity index (χ1) is 11.0. The lowest BCUT2D eigenvalue weighted by Gasteiger charge is -2.36. The van der Waals surface area contributed by atoms with Gasteiger partial charge < -0.3 is 14.7 Å². The van der Waals surface area contributed by atoms with Gasteiger partial charge in [-0.3, -0.25) is 9.59 Å². The van der Waals surface area contributed by atoms with E-state index in [2.05, 4.69) is 11.7 Å². The molecule has 2 aliphatic rings. The van der Waals surface area contributed by atoms with E-state index in [-0.39, 0.29) is 36.1 Å². The molecule has 0 aliphatic heterocycles. The Morgan fingerprint density at radius 3 is 2.91 bits per heavy atom. The van der Waals surface area contributed by atoms with Crippen molar-refractivity contribution in [3.8, 4) is 0 Å². The number of allylic oxidation sites excluding steroid dienone is 2. The largest absolute Gasteiger partial charge is 0.511 e. The quantitative estimate of drug-likeness (QED) is 0.267. The van der Waals surface area contributed by atoms with Crippen LogP contribution in [0.3, 0.4) is 0 Å². The summed E-state index contributed by atoms with van der Waals surface area (Å²) in [5.74, 6) is -1.14. The lowest BCUT2D eigenvalue weighted by molar-refractivity contribution is -0.158. The van der Waals surface area contributed by atoms with Crippen LogP contribution in [0.25, 0.3) is 0 Å². The summed E-state index contributed by atoms with van der Waals surface area (Å²) < 4.78 is 4.90. The van der Waals surface area contributed by atoms with Crippen LogP contribution >= 0.6 is 0 Å². The molecule has 2 unspecified atom stereocenters. The van der Waals surface area contributed by atoms with Crippen LogP contribution in [0.4, 0.5) is 0 Å². The fourth-order valence-corrected chi connectivity index (χ4v) is 3.66. The summed E-state index contributed by atoms with van der Waals surface area (Å²) in [6.07, 6.45) is 4.02. The van der Waals surface area contributed by atoms with Gasteiger partial charge in [0, 0.05) is 12.3 Å². The number of fused-ring (bicyclic) bond motifs is 1. The number of ketones is 1. The first-order valence-electron chi connectivity index (χ1n) is 7.86. The third-order valence-electron chi connectivity index (χ3n) is 4.71. The van der Waals surface area contributed by atoms with Crippen molar-refractivity contribution in [3.63, 3.8) is 0 Å². The van der Waals surface area contributed by atoms with Crippen LogP contribution in [0.2, 0.25) is 0 Å². The van der Waals surface area contributed by atoms with Gasteiger partial charge in [-0.1, -0.05) is 31.2 Å². The topological polar surface area (TPSA) is 85.2 Å². The predicted octanol–water partition coefficient (Wildman–Crippen LogP) is 2.70. The molecule has 2 atom stereocenters. The molecule has 0 amide bonds. The maximum absolute atomic E-state index is 12.6. The summed E-state index contributed by atoms with van der Waals surface area (Å²) >= 11 is 0. The Kier molecular flexibility index (Phi) is 5.23. The Balaban J connectivity index is 2.43. The number of carbonyl (C=O) groups is 2. The molecule has 1 N–H and O–H groups in total. The molecule has 0 heterocycles. The van der Waals surface area contributed by atoms with Gasteiger partial charge in [0.1, 0.15) is 12.4 Å². The van der Waals surface area contributed by atoms with E-state index in [0.29, 0.717) is 25.0 Å². The number of rotatable bonds is 6. The molecular weight excluding hydrogens is 298 g/mol. The summed E-state index contributed by atoms with van der Waals surface area (Å²) in [6, 6.07) is 0. The van der Waals surface area contributed by atoms with Crippen LogP contribution in [0.5, 0.6) is 0 Å². The van der Waals surface area contributed by atoms with Crippen LogP contribution in [0.1, 0.15) is 39.0 Å². The van der Waals surface area contributed by atoms with Crippen LogP contribution in [-0.4, -0.2) is 36.3 Å². The molecule has 126 valence electrons. The Morgan fingerprint density at radius 2 is 2.30 bits per heavy atom. The van der Waals surface area contributed by atoms with Crippen LogP contribution in [-0.2, 0) is 19.2 Å². The van der Waals surface area contributed by atoms with E-state index < -0.39 is 11.4 Å². The second-order valence-electron chi connectivity index (χ2n) is 5.93.